The second-order valence-electron chi connectivity index (χ2n) is 5.47. The molecule has 0 aromatic heterocycles. The van der Waals surface area contributed by atoms with Crippen molar-refractivity contribution in [3.8, 4) is 0 Å². The molecule has 2 aliphatic heterocycles. The third-order valence-corrected chi connectivity index (χ3v) is 4.05. The van der Waals surface area contributed by atoms with E-state index in [1.165, 1.54) is 0 Å². The Morgan fingerprint density at radius 2 is 1.86 bits per heavy atom. The van der Waals surface area contributed by atoms with E-state index in [0.29, 0.717) is 38.5 Å². The summed E-state index contributed by atoms with van der Waals surface area (Å²) in [6.45, 7) is 4.24. The van der Waals surface area contributed by atoms with Gasteiger partial charge in [-0.15, -0.1) is 24.8 Å². The maximum absolute atomic E-state index is 12.2. The minimum atomic E-state index is -2.28. The third kappa shape index (κ3) is 7.08. The monoisotopic (exact) mass is 347 g/mol. The molecule has 2 saturated heterocycles. The van der Waals surface area contributed by atoms with Crippen LogP contribution in [0.2, 0.25) is 0 Å². The molecule has 0 aliphatic carbocycles. The highest BCUT2D eigenvalue weighted by molar-refractivity contribution is 5.85. The van der Waals surface area contributed by atoms with E-state index in [1.807, 2.05) is 4.90 Å². The Hall–Kier alpha value is -0.170. The number of amides is 1. The first-order valence-electron chi connectivity index (χ1n) is 7.14. The molecule has 0 saturated carbocycles. The lowest BCUT2D eigenvalue weighted by Gasteiger charge is -2.34. The average molecular weight is 348 g/mol. The summed E-state index contributed by atoms with van der Waals surface area (Å²) in [6.07, 6.45) is 0.428. The number of alkyl halides is 2. The molecule has 1 unspecified atom stereocenters. The molecular formula is C13H25Cl2F2N3O. The number of piperazine rings is 1. The summed E-state index contributed by atoms with van der Waals surface area (Å²) < 4.78 is 24.5. The SMILES string of the molecule is Cl.Cl.O=C(CCC1CCNC1)N1CCN(CC(F)F)CC1. The van der Waals surface area contributed by atoms with Crippen molar-refractivity contribution in [3.05, 3.63) is 0 Å². The highest BCUT2D eigenvalue weighted by Gasteiger charge is 2.23. The summed E-state index contributed by atoms with van der Waals surface area (Å²) in [5, 5.41) is 3.30. The zero-order chi connectivity index (χ0) is 13.7. The molecule has 21 heavy (non-hydrogen) atoms. The van der Waals surface area contributed by atoms with Gasteiger partial charge >= 0.3 is 0 Å². The lowest BCUT2D eigenvalue weighted by Crippen LogP contribution is -2.49. The number of nitrogens with zero attached hydrogens (tertiary/aromatic N) is 2. The smallest absolute Gasteiger partial charge is 0.251 e. The molecule has 2 heterocycles. The fraction of sp³-hybridized carbons (Fsp3) is 0.923. The first kappa shape index (κ1) is 20.8. The van der Waals surface area contributed by atoms with Crippen molar-refractivity contribution in [2.75, 3.05) is 45.8 Å². The van der Waals surface area contributed by atoms with E-state index in [0.717, 1.165) is 25.9 Å². The van der Waals surface area contributed by atoms with Crippen molar-refractivity contribution in [2.24, 2.45) is 5.92 Å². The van der Waals surface area contributed by atoms with Gasteiger partial charge in [0.05, 0.1) is 6.54 Å². The molecule has 2 rings (SSSR count). The summed E-state index contributed by atoms with van der Waals surface area (Å²) in [6, 6.07) is 0. The fourth-order valence-electron chi connectivity index (χ4n) is 2.82. The van der Waals surface area contributed by atoms with Crippen LogP contribution in [-0.2, 0) is 4.79 Å². The third-order valence-electron chi connectivity index (χ3n) is 4.05. The molecule has 4 nitrogen and oxygen atoms in total. The first-order chi connectivity index (χ1) is 9.15. The summed E-state index contributed by atoms with van der Waals surface area (Å²) in [5.74, 6) is 0.813. The van der Waals surface area contributed by atoms with Gasteiger partial charge in [-0.3, -0.25) is 9.69 Å². The van der Waals surface area contributed by atoms with Crippen LogP contribution in [0.3, 0.4) is 0 Å². The van der Waals surface area contributed by atoms with E-state index in [-0.39, 0.29) is 37.3 Å². The Kier molecular flexibility index (Phi) is 10.5. The lowest BCUT2D eigenvalue weighted by atomic mass is 10.0. The molecule has 0 radical (unpaired) electrons. The second kappa shape index (κ2) is 10.5. The minimum absolute atomic E-state index is 0. The van der Waals surface area contributed by atoms with Crippen LogP contribution in [0.4, 0.5) is 8.78 Å². The van der Waals surface area contributed by atoms with Crippen LogP contribution in [0.1, 0.15) is 19.3 Å². The average Bonchev–Trinajstić information content (AvgIpc) is 2.89. The molecule has 1 N–H and O–H groups in total. The van der Waals surface area contributed by atoms with Crippen LogP contribution in [0.5, 0.6) is 0 Å². The molecular weight excluding hydrogens is 323 g/mol. The number of hydrogen-bond donors (Lipinski definition) is 1. The van der Waals surface area contributed by atoms with Crippen molar-refractivity contribution in [1.29, 1.82) is 0 Å². The van der Waals surface area contributed by atoms with Crippen LogP contribution in [0.15, 0.2) is 0 Å². The molecule has 2 aliphatic rings. The van der Waals surface area contributed by atoms with Crippen molar-refractivity contribution < 1.29 is 13.6 Å². The van der Waals surface area contributed by atoms with E-state index in [2.05, 4.69) is 5.32 Å². The van der Waals surface area contributed by atoms with Crippen molar-refractivity contribution in [2.45, 2.75) is 25.7 Å². The molecule has 0 aromatic rings. The van der Waals surface area contributed by atoms with E-state index in [9.17, 15) is 13.6 Å². The Morgan fingerprint density at radius 1 is 1.19 bits per heavy atom. The Balaban J connectivity index is 0.00000200. The Morgan fingerprint density at radius 3 is 2.38 bits per heavy atom. The number of rotatable bonds is 5. The van der Waals surface area contributed by atoms with Gasteiger partial charge in [0.1, 0.15) is 0 Å². The van der Waals surface area contributed by atoms with E-state index in [4.69, 9.17) is 0 Å². The van der Waals surface area contributed by atoms with E-state index >= 15 is 0 Å². The summed E-state index contributed by atoms with van der Waals surface area (Å²) >= 11 is 0. The van der Waals surface area contributed by atoms with Gasteiger partial charge in [-0.05, 0) is 31.8 Å². The molecule has 0 spiro atoms. The van der Waals surface area contributed by atoms with Gasteiger partial charge in [0.2, 0.25) is 5.91 Å². The summed E-state index contributed by atoms with van der Waals surface area (Å²) in [7, 11) is 0. The number of hydrogen-bond acceptors (Lipinski definition) is 3. The maximum atomic E-state index is 12.2. The number of carbonyl (C=O) groups is 1. The van der Waals surface area contributed by atoms with Gasteiger partial charge in [0.25, 0.3) is 6.43 Å². The van der Waals surface area contributed by atoms with Gasteiger partial charge < -0.3 is 10.2 Å². The minimum Gasteiger partial charge on any atom is -0.340 e. The molecule has 1 atom stereocenters. The Labute approximate surface area is 137 Å². The highest BCUT2D eigenvalue weighted by Crippen LogP contribution is 2.16. The van der Waals surface area contributed by atoms with Gasteiger partial charge in [-0.25, -0.2) is 8.78 Å². The van der Waals surface area contributed by atoms with Crippen LogP contribution in [0.25, 0.3) is 0 Å². The van der Waals surface area contributed by atoms with Crippen molar-refractivity contribution in [1.82, 2.24) is 15.1 Å². The fourth-order valence-corrected chi connectivity index (χ4v) is 2.82. The summed E-state index contributed by atoms with van der Waals surface area (Å²) in [5.41, 5.74) is 0. The molecule has 1 amide bonds. The molecule has 0 aromatic carbocycles. The predicted molar refractivity (Wildman–Crippen MR) is 83.7 cm³/mol. The molecule has 0 bridgehead atoms. The van der Waals surface area contributed by atoms with E-state index < -0.39 is 6.43 Å². The maximum Gasteiger partial charge on any atom is 0.251 e. The predicted octanol–water partition coefficient (Wildman–Crippen LogP) is 1.63. The lowest BCUT2D eigenvalue weighted by molar-refractivity contribution is -0.133. The Bertz CT molecular complexity index is 297. The topological polar surface area (TPSA) is 35.6 Å². The van der Waals surface area contributed by atoms with Crippen LogP contribution in [-0.4, -0.2) is 67.9 Å². The van der Waals surface area contributed by atoms with Gasteiger partial charge in [-0.1, -0.05) is 0 Å². The number of halogens is 4. The standard InChI is InChI=1S/C13H23F2N3O.2ClH/c14-12(15)10-17-5-7-18(8-6-17)13(19)2-1-11-3-4-16-9-11;;/h11-12,16H,1-10H2;2*1H. The molecule has 126 valence electrons. The normalized spacial score (nSPS) is 22.8. The zero-order valence-corrected chi connectivity index (χ0v) is 13.7. The number of nitrogens with one attached hydrogen (secondary N) is 1. The molecule has 2 fully saturated rings. The van der Waals surface area contributed by atoms with Crippen molar-refractivity contribution in [3.63, 3.8) is 0 Å². The highest BCUT2D eigenvalue weighted by atomic mass is 35.5. The second-order valence-corrected chi connectivity index (χ2v) is 5.47. The zero-order valence-electron chi connectivity index (χ0n) is 12.1. The van der Waals surface area contributed by atoms with Crippen molar-refractivity contribution >= 4 is 30.7 Å². The summed E-state index contributed by atoms with van der Waals surface area (Å²) in [4.78, 5) is 15.6. The largest absolute Gasteiger partial charge is 0.340 e. The first-order valence-corrected chi connectivity index (χ1v) is 7.14. The van der Waals surface area contributed by atoms with Gasteiger partial charge in [-0.2, -0.15) is 0 Å². The quantitative estimate of drug-likeness (QED) is 0.820. The van der Waals surface area contributed by atoms with Gasteiger partial charge in [0, 0.05) is 32.6 Å². The van der Waals surface area contributed by atoms with E-state index in [1.54, 1.807) is 4.90 Å². The van der Waals surface area contributed by atoms with Gasteiger partial charge in [0.15, 0.2) is 0 Å². The van der Waals surface area contributed by atoms with Crippen LogP contribution in [0, 0.1) is 5.92 Å². The number of carbonyl (C=O) groups excluding carboxylic acids is 1. The van der Waals surface area contributed by atoms with Crippen LogP contribution >= 0.6 is 24.8 Å². The van der Waals surface area contributed by atoms with Crippen LogP contribution < -0.4 is 5.32 Å². The molecule has 8 heteroatoms.